The van der Waals surface area contributed by atoms with Crippen molar-refractivity contribution >= 4 is 22.9 Å². The molecule has 1 aromatic carbocycles. The number of nitrogens with one attached hydrogen (secondary N) is 1. The number of aromatic nitrogens is 1. The topological polar surface area (TPSA) is 24.9 Å². The molecule has 2 nitrogen and oxygen atoms in total. The van der Waals surface area contributed by atoms with Crippen LogP contribution in [0.4, 0.5) is 0 Å². The molecule has 114 valence electrons. The summed E-state index contributed by atoms with van der Waals surface area (Å²) in [7, 11) is 1.99. The second kappa shape index (κ2) is 6.47. The molecule has 0 spiro atoms. The van der Waals surface area contributed by atoms with Gasteiger partial charge in [0.15, 0.2) is 0 Å². The average molecular weight is 323 g/mol. The van der Waals surface area contributed by atoms with E-state index in [2.05, 4.69) is 44.5 Å². The van der Waals surface area contributed by atoms with Crippen molar-refractivity contribution < 1.29 is 0 Å². The van der Waals surface area contributed by atoms with Gasteiger partial charge in [0.25, 0.3) is 0 Å². The minimum atomic E-state index is 0.108. The van der Waals surface area contributed by atoms with Gasteiger partial charge in [-0.15, -0.1) is 11.3 Å². The van der Waals surface area contributed by atoms with Gasteiger partial charge in [-0.2, -0.15) is 0 Å². The van der Waals surface area contributed by atoms with Crippen LogP contribution < -0.4 is 5.32 Å². The van der Waals surface area contributed by atoms with Crippen LogP contribution >= 0.6 is 22.9 Å². The number of benzene rings is 1. The van der Waals surface area contributed by atoms with E-state index in [1.165, 1.54) is 16.8 Å². The van der Waals surface area contributed by atoms with E-state index in [9.17, 15) is 0 Å². The molecule has 1 N–H and O–H groups in total. The Kier molecular flexibility index (Phi) is 5.07. The molecule has 1 atom stereocenters. The third kappa shape index (κ3) is 4.29. The molecule has 0 saturated heterocycles. The predicted octanol–water partition coefficient (Wildman–Crippen LogP) is 4.91. The van der Waals surface area contributed by atoms with Gasteiger partial charge < -0.3 is 5.32 Å². The lowest BCUT2D eigenvalue weighted by atomic mass is 9.93. The van der Waals surface area contributed by atoms with E-state index in [0.717, 1.165) is 16.5 Å². The minimum absolute atomic E-state index is 0.108. The highest BCUT2D eigenvalue weighted by Crippen LogP contribution is 2.28. The quantitative estimate of drug-likeness (QED) is 0.865. The SMILES string of the molecule is CNC(Cc1nc(C(C)(C)C)cs1)c1cc(C)cc(Cl)c1. The first kappa shape index (κ1) is 16.5. The molecular formula is C17H23ClN2S. The van der Waals surface area contributed by atoms with Gasteiger partial charge in [-0.25, -0.2) is 4.98 Å². The Bertz CT molecular complexity index is 593. The lowest BCUT2D eigenvalue weighted by molar-refractivity contribution is 0.560. The molecule has 2 aromatic rings. The van der Waals surface area contributed by atoms with Crippen LogP contribution in [0.15, 0.2) is 23.6 Å². The van der Waals surface area contributed by atoms with Gasteiger partial charge in [-0.1, -0.05) is 38.4 Å². The third-order valence-electron chi connectivity index (χ3n) is 3.51. The fourth-order valence-electron chi connectivity index (χ4n) is 2.28. The molecule has 0 fully saturated rings. The van der Waals surface area contributed by atoms with Crippen molar-refractivity contribution in [1.29, 1.82) is 0 Å². The van der Waals surface area contributed by atoms with Crippen molar-refractivity contribution in [3.8, 4) is 0 Å². The van der Waals surface area contributed by atoms with Crippen LogP contribution in [0.25, 0.3) is 0 Å². The van der Waals surface area contributed by atoms with Crippen molar-refractivity contribution in [2.75, 3.05) is 7.05 Å². The van der Waals surface area contributed by atoms with Gasteiger partial charge in [0.05, 0.1) is 10.7 Å². The van der Waals surface area contributed by atoms with E-state index in [-0.39, 0.29) is 11.5 Å². The van der Waals surface area contributed by atoms with Gasteiger partial charge in [-0.3, -0.25) is 0 Å². The molecule has 2 rings (SSSR count). The molecule has 21 heavy (non-hydrogen) atoms. The Labute approximate surface area is 136 Å². The first-order valence-corrected chi connectivity index (χ1v) is 8.44. The number of aryl methyl sites for hydroxylation is 1. The Morgan fingerprint density at radius 2 is 2.00 bits per heavy atom. The molecule has 1 aromatic heterocycles. The summed E-state index contributed by atoms with van der Waals surface area (Å²) in [6.07, 6.45) is 0.886. The van der Waals surface area contributed by atoms with Crippen LogP contribution in [-0.4, -0.2) is 12.0 Å². The molecule has 0 saturated carbocycles. The normalized spacial score (nSPS) is 13.4. The Balaban J connectivity index is 2.21. The van der Waals surface area contributed by atoms with Gasteiger partial charge in [0.2, 0.25) is 0 Å². The number of hydrogen-bond donors (Lipinski definition) is 1. The van der Waals surface area contributed by atoms with Crippen LogP contribution in [0, 0.1) is 6.92 Å². The monoisotopic (exact) mass is 322 g/mol. The van der Waals surface area contributed by atoms with E-state index in [0.29, 0.717) is 0 Å². The second-order valence-corrected chi connectivity index (χ2v) is 7.86. The highest BCUT2D eigenvalue weighted by atomic mass is 35.5. The predicted molar refractivity (Wildman–Crippen MR) is 92.5 cm³/mol. The molecule has 0 amide bonds. The zero-order valence-electron chi connectivity index (χ0n) is 13.3. The molecule has 1 unspecified atom stereocenters. The van der Waals surface area contributed by atoms with Gasteiger partial charge in [0.1, 0.15) is 0 Å². The summed E-state index contributed by atoms with van der Waals surface area (Å²) in [5, 5.41) is 7.50. The van der Waals surface area contributed by atoms with Crippen LogP contribution in [-0.2, 0) is 11.8 Å². The number of halogens is 1. The van der Waals surface area contributed by atoms with Crippen LogP contribution in [0.5, 0.6) is 0 Å². The Hall–Kier alpha value is -0.900. The Morgan fingerprint density at radius 1 is 1.29 bits per heavy atom. The number of nitrogens with zero attached hydrogens (tertiary/aromatic N) is 1. The zero-order valence-corrected chi connectivity index (χ0v) is 14.9. The van der Waals surface area contributed by atoms with Crippen molar-refractivity contribution in [2.45, 2.75) is 45.6 Å². The number of likely N-dealkylation sites (N-methyl/N-ethyl adjacent to an activating group) is 1. The summed E-state index contributed by atoms with van der Waals surface area (Å²) in [6, 6.07) is 6.44. The summed E-state index contributed by atoms with van der Waals surface area (Å²) < 4.78 is 0. The largest absolute Gasteiger partial charge is 0.313 e. The average Bonchev–Trinajstić information content (AvgIpc) is 2.83. The van der Waals surface area contributed by atoms with Crippen molar-refractivity contribution in [1.82, 2.24) is 10.3 Å². The fraction of sp³-hybridized carbons (Fsp3) is 0.471. The lowest BCUT2D eigenvalue weighted by Crippen LogP contribution is -2.19. The zero-order chi connectivity index (χ0) is 15.6. The molecule has 4 heteroatoms. The molecule has 0 radical (unpaired) electrons. The molecule has 1 heterocycles. The first-order valence-electron chi connectivity index (χ1n) is 7.19. The van der Waals surface area contributed by atoms with E-state index in [4.69, 9.17) is 16.6 Å². The third-order valence-corrected chi connectivity index (χ3v) is 4.60. The number of hydrogen-bond acceptors (Lipinski definition) is 3. The van der Waals surface area contributed by atoms with Gasteiger partial charge >= 0.3 is 0 Å². The summed E-state index contributed by atoms with van der Waals surface area (Å²) in [6.45, 7) is 8.66. The van der Waals surface area contributed by atoms with Gasteiger partial charge in [-0.05, 0) is 37.2 Å². The summed E-state index contributed by atoms with van der Waals surface area (Å²) in [4.78, 5) is 4.79. The lowest BCUT2D eigenvalue weighted by Gasteiger charge is -2.17. The molecule has 0 aliphatic carbocycles. The highest BCUT2D eigenvalue weighted by Gasteiger charge is 2.19. The van der Waals surface area contributed by atoms with Crippen LogP contribution in [0.3, 0.4) is 0 Å². The van der Waals surface area contributed by atoms with Crippen molar-refractivity contribution in [2.24, 2.45) is 0 Å². The molecule has 0 aliphatic heterocycles. The van der Waals surface area contributed by atoms with E-state index in [1.807, 2.05) is 19.2 Å². The van der Waals surface area contributed by atoms with Crippen LogP contribution in [0.1, 0.15) is 48.6 Å². The number of rotatable bonds is 4. The van der Waals surface area contributed by atoms with Gasteiger partial charge in [0, 0.05) is 28.3 Å². The highest BCUT2D eigenvalue weighted by molar-refractivity contribution is 7.09. The maximum absolute atomic E-state index is 6.18. The maximum atomic E-state index is 6.18. The molecule has 0 bridgehead atoms. The van der Waals surface area contributed by atoms with Crippen molar-refractivity contribution in [3.63, 3.8) is 0 Å². The summed E-state index contributed by atoms with van der Waals surface area (Å²) in [5.74, 6) is 0. The van der Waals surface area contributed by atoms with E-state index < -0.39 is 0 Å². The molecule has 0 aliphatic rings. The van der Waals surface area contributed by atoms with E-state index in [1.54, 1.807) is 11.3 Å². The standard InChI is InChI=1S/C17H23ClN2S/c1-11-6-12(8-13(18)7-11)14(19-5)9-16-20-15(10-21-16)17(2,3)4/h6-8,10,14,19H,9H2,1-5H3. The smallest absolute Gasteiger partial charge is 0.0947 e. The first-order chi connectivity index (χ1) is 9.79. The second-order valence-electron chi connectivity index (χ2n) is 6.48. The van der Waals surface area contributed by atoms with E-state index >= 15 is 0 Å². The molecular weight excluding hydrogens is 300 g/mol. The fourth-order valence-corrected chi connectivity index (χ4v) is 3.64. The number of thiazole rings is 1. The summed E-state index contributed by atoms with van der Waals surface area (Å²) in [5.41, 5.74) is 3.68. The minimum Gasteiger partial charge on any atom is -0.313 e. The Morgan fingerprint density at radius 3 is 2.52 bits per heavy atom. The van der Waals surface area contributed by atoms with Crippen LogP contribution in [0.2, 0.25) is 5.02 Å². The maximum Gasteiger partial charge on any atom is 0.0947 e. The van der Waals surface area contributed by atoms with Crippen molar-refractivity contribution in [3.05, 3.63) is 50.4 Å². The summed E-state index contributed by atoms with van der Waals surface area (Å²) >= 11 is 7.92.